The molecule has 0 aliphatic rings. The molecule has 12 heteroatoms. The summed E-state index contributed by atoms with van der Waals surface area (Å²) in [5.41, 5.74) is 15.9. The second-order valence-corrected chi connectivity index (χ2v) is 6.42. The zero-order valence-corrected chi connectivity index (χ0v) is 16.1. The Labute approximate surface area is 162 Å². The maximum Gasteiger partial charge on any atom is 0.325 e. The molecule has 12 nitrogen and oxygen atoms in total. The van der Waals surface area contributed by atoms with E-state index in [0.29, 0.717) is 19.4 Å². The summed E-state index contributed by atoms with van der Waals surface area (Å²) in [6, 6.07) is -4.38. The highest BCUT2D eigenvalue weighted by atomic mass is 16.4. The standard InChI is InChI=1S/C16H30N6O6/c1-8(20-14(25)10(18)7-12(19)23)13(24)22-11(5-3-4-6-17)15(26)21-9(2)16(27)28/h8-11H,3-7,17-18H2,1-2H3,(H2,19,23)(H,20,25)(H,21,26)(H,22,24)(H,27,28). The van der Waals surface area contributed by atoms with Crippen molar-refractivity contribution in [3.63, 3.8) is 0 Å². The number of carboxylic acids is 1. The summed E-state index contributed by atoms with van der Waals surface area (Å²) in [6.45, 7) is 3.07. The van der Waals surface area contributed by atoms with E-state index in [1.54, 1.807) is 0 Å². The van der Waals surface area contributed by atoms with Crippen LogP contribution in [0.1, 0.15) is 39.5 Å². The van der Waals surface area contributed by atoms with Gasteiger partial charge in [-0.25, -0.2) is 0 Å². The highest BCUT2D eigenvalue weighted by Crippen LogP contribution is 2.03. The largest absolute Gasteiger partial charge is 0.480 e. The summed E-state index contributed by atoms with van der Waals surface area (Å²) in [5, 5.41) is 16.0. The molecule has 0 fully saturated rings. The van der Waals surface area contributed by atoms with Crippen LogP contribution in [0.5, 0.6) is 0 Å². The van der Waals surface area contributed by atoms with Crippen LogP contribution in [0.4, 0.5) is 0 Å². The number of carboxylic acid groups (broad SMARTS) is 1. The molecule has 0 heterocycles. The smallest absolute Gasteiger partial charge is 0.325 e. The summed E-state index contributed by atoms with van der Waals surface area (Å²) >= 11 is 0. The van der Waals surface area contributed by atoms with E-state index in [1.807, 2.05) is 0 Å². The highest BCUT2D eigenvalue weighted by molar-refractivity contribution is 5.94. The van der Waals surface area contributed by atoms with Gasteiger partial charge >= 0.3 is 5.97 Å². The lowest BCUT2D eigenvalue weighted by atomic mass is 10.1. The van der Waals surface area contributed by atoms with Gasteiger partial charge in [0.15, 0.2) is 0 Å². The number of aliphatic carboxylic acids is 1. The number of rotatable bonds is 13. The van der Waals surface area contributed by atoms with Gasteiger partial charge in [0.2, 0.25) is 23.6 Å². The molecule has 0 saturated carbocycles. The molecule has 0 aliphatic carbocycles. The molecular formula is C16H30N6O6. The first kappa shape index (κ1) is 25.3. The molecule has 0 radical (unpaired) electrons. The molecule has 10 N–H and O–H groups in total. The van der Waals surface area contributed by atoms with Gasteiger partial charge in [0.1, 0.15) is 18.1 Å². The first-order valence-corrected chi connectivity index (χ1v) is 8.87. The van der Waals surface area contributed by atoms with Crippen LogP contribution in [0, 0.1) is 0 Å². The normalized spacial score (nSPS) is 14.9. The monoisotopic (exact) mass is 402 g/mol. The van der Waals surface area contributed by atoms with E-state index in [2.05, 4.69) is 16.0 Å². The number of hydrogen-bond acceptors (Lipinski definition) is 7. The minimum absolute atomic E-state index is 0.239. The quantitative estimate of drug-likeness (QED) is 0.156. The van der Waals surface area contributed by atoms with Gasteiger partial charge in [-0.1, -0.05) is 0 Å². The Balaban J connectivity index is 4.91. The second-order valence-electron chi connectivity index (χ2n) is 6.42. The van der Waals surface area contributed by atoms with E-state index in [4.69, 9.17) is 22.3 Å². The topological polar surface area (TPSA) is 220 Å². The molecule has 0 aromatic heterocycles. The highest BCUT2D eigenvalue weighted by Gasteiger charge is 2.27. The predicted octanol–water partition coefficient (Wildman–Crippen LogP) is -3.10. The molecule has 160 valence electrons. The first-order chi connectivity index (χ1) is 13.0. The van der Waals surface area contributed by atoms with E-state index in [1.165, 1.54) is 13.8 Å². The number of primary amides is 1. The van der Waals surface area contributed by atoms with E-state index in [0.717, 1.165) is 0 Å². The third-order valence-electron chi connectivity index (χ3n) is 3.82. The van der Waals surface area contributed by atoms with Crippen molar-refractivity contribution in [2.75, 3.05) is 6.54 Å². The summed E-state index contributed by atoms with van der Waals surface area (Å²) in [6.07, 6.45) is 1.00. The zero-order chi connectivity index (χ0) is 21.9. The minimum Gasteiger partial charge on any atom is -0.480 e. The Morgan fingerprint density at radius 3 is 1.96 bits per heavy atom. The van der Waals surface area contributed by atoms with Crippen LogP contribution >= 0.6 is 0 Å². The van der Waals surface area contributed by atoms with Crippen molar-refractivity contribution in [3.8, 4) is 0 Å². The molecule has 0 aromatic rings. The molecule has 4 amide bonds. The first-order valence-electron chi connectivity index (χ1n) is 8.87. The Morgan fingerprint density at radius 2 is 1.46 bits per heavy atom. The van der Waals surface area contributed by atoms with Gasteiger partial charge in [0.25, 0.3) is 0 Å². The molecule has 0 bridgehead atoms. The Hall–Kier alpha value is -2.73. The van der Waals surface area contributed by atoms with Crippen LogP contribution in [0.2, 0.25) is 0 Å². The minimum atomic E-state index is -1.22. The van der Waals surface area contributed by atoms with E-state index < -0.39 is 53.8 Å². The number of unbranched alkanes of at least 4 members (excludes halogenated alkanes) is 1. The fourth-order valence-corrected chi connectivity index (χ4v) is 2.13. The fourth-order valence-electron chi connectivity index (χ4n) is 2.13. The van der Waals surface area contributed by atoms with Gasteiger partial charge in [0, 0.05) is 0 Å². The number of nitrogens with two attached hydrogens (primary N) is 3. The number of carbonyl (C=O) groups excluding carboxylic acids is 4. The fraction of sp³-hybridized carbons (Fsp3) is 0.688. The number of carbonyl (C=O) groups is 5. The molecule has 0 saturated heterocycles. The van der Waals surface area contributed by atoms with Gasteiger partial charge < -0.3 is 38.3 Å². The summed E-state index contributed by atoms with van der Waals surface area (Å²) in [7, 11) is 0. The maximum atomic E-state index is 12.3. The van der Waals surface area contributed by atoms with E-state index in [-0.39, 0.29) is 12.8 Å². The number of nitrogens with one attached hydrogen (secondary N) is 3. The Bertz CT molecular complexity index is 584. The van der Waals surface area contributed by atoms with Gasteiger partial charge in [-0.05, 0) is 39.7 Å². The van der Waals surface area contributed by atoms with Crippen molar-refractivity contribution >= 4 is 29.6 Å². The third-order valence-corrected chi connectivity index (χ3v) is 3.82. The number of amides is 4. The molecule has 4 atom stereocenters. The van der Waals surface area contributed by atoms with E-state index >= 15 is 0 Å². The molecule has 0 spiro atoms. The van der Waals surface area contributed by atoms with Gasteiger partial charge in [-0.2, -0.15) is 0 Å². The molecular weight excluding hydrogens is 372 g/mol. The van der Waals surface area contributed by atoms with E-state index in [9.17, 15) is 24.0 Å². The molecule has 28 heavy (non-hydrogen) atoms. The SMILES string of the molecule is CC(NC(=O)C(CCCCN)NC(=O)C(C)NC(=O)C(N)CC(N)=O)C(=O)O. The predicted molar refractivity (Wildman–Crippen MR) is 99.5 cm³/mol. The maximum absolute atomic E-state index is 12.3. The summed E-state index contributed by atoms with van der Waals surface area (Å²) in [5.74, 6) is -4.06. The third kappa shape index (κ3) is 9.83. The van der Waals surface area contributed by atoms with Crippen molar-refractivity contribution in [1.82, 2.24) is 16.0 Å². The lowest BCUT2D eigenvalue weighted by Crippen LogP contribution is -2.56. The Morgan fingerprint density at radius 1 is 0.893 bits per heavy atom. The van der Waals surface area contributed by atoms with Crippen molar-refractivity contribution in [1.29, 1.82) is 0 Å². The average Bonchev–Trinajstić information content (AvgIpc) is 2.59. The zero-order valence-electron chi connectivity index (χ0n) is 16.1. The van der Waals surface area contributed by atoms with Crippen LogP contribution < -0.4 is 33.2 Å². The van der Waals surface area contributed by atoms with Crippen LogP contribution in [0.25, 0.3) is 0 Å². The summed E-state index contributed by atoms with van der Waals surface area (Å²) < 4.78 is 0. The van der Waals surface area contributed by atoms with Crippen LogP contribution in [-0.2, 0) is 24.0 Å². The van der Waals surface area contributed by atoms with Gasteiger partial charge in [0.05, 0.1) is 12.5 Å². The average molecular weight is 402 g/mol. The van der Waals surface area contributed by atoms with Crippen molar-refractivity contribution < 1.29 is 29.1 Å². The lowest BCUT2D eigenvalue weighted by Gasteiger charge is -2.23. The second kappa shape index (κ2) is 12.6. The molecule has 0 rings (SSSR count). The molecule has 4 unspecified atom stereocenters. The molecule has 0 aliphatic heterocycles. The van der Waals surface area contributed by atoms with Crippen molar-refractivity contribution in [2.45, 2.75) is 63.7 Å². The van der Waals surface area contributed by atoms with Gasteiger partial charge in [-0.3, -0.25) is 24.0 Å². The van der Waals surface area contributed by atoms with Crippen molar-refractivity contribution in [2.24, 2.45) is 17.2 Å². The van der Waals surface area contributed by atoms with Gasteiger partial charge in [-0.15, -0.1) is 0 Å². The van der Waals surface area contributed by atoms with Crippen molar-refractivity contribution in [3.05, 3.63) is 0 Å². The Kier molecular flexibility index (Phi) is 11.4. The van der Waals surface area contributed by atoms with Crippen LogP contribution in [-0.4, -0.2) is 65.4 Å². The lowest BCUT2D eigenvalue weighted by molar-refractivity contribution is -0.141. The summed E-state index contributed by atoms with van der Waals surface area (Å²) in [4.78, 5) is 58.2. The number of hydrogen-bond donors (Lipinski definition) is 7. The molecule has 0 aromatic carbocycles. The van der Waals surface area contributed by atoms with Crippen LogP contribution in [0.15, 0.2) is 0 Å². The van der Waals surface area contributed by atoms with Crippen LogP contribution in [0.3, 0.4) is 0 Å².